The maximum atomic E-state index is 2.44. The molecule has 0 spiro atoms. The second-order valence-corrected chi connectivity index (χ2v) is 11.1. The second-order valence-electron chi connectivity index (χ2n) is 9.00. The number of aryl methyl sites for hydroxylation is 1. The van der Waals surface area contributed by atoms with E-state index in [-0.39, 0.29) is 0 Å². The minimum Gasteiger partial charge on any atom is -0.335 e. The number of nitrogens with zero attached hydrogens (tertiary/aromatic N) is 2. The summed E-state index contributed by atoms with van der Waals surface area (Å²) in [6, 6.07) is 30.4. The normalized spacial score (nSPS) is 14.6. The van der Waals surface area contributed by atoms with Gasteiger partial charge in [0.25, 0.3) is 5.01 Å². The van der Waals surface area contributed by atoms with Crippen LogP contribution in [0, 0.1) is 0 Å². The third kappa shape index (κ3) is 4.63. The number of thioether (sulfide) groups is 1. The van der Waals surface area contributed by atoms with E-state index < -0.39 is 0 Å². The Bertz CT molecular complexity index is 1680. The van der Waals surface area contributed by atoms with Crippen LogP contribution >= 0.6 is 23.1 Å². The quantitative estimate of drug-likeness (QED) is 0.164. The Labute approximate surface area is 226 Å². The second kappa shape index (κ2) is 10.4. The molecule has 1 aliphatic heterocycles. The molecule has 0 saturated carbocycles. The molecule has 0 saturated heterocycles. The van der Waals surface area contributed by atoms with Gasteiger partial charge in [0.2, 0.25) is 5.52 Å². The minimum atomic E-state index is 0.947. The first kappa shape index (κ1) is 23.8. The van der Waals surface area contributed by atoms with Crippen LogP contribution in [0.3, 0.4) is 0 Å². The fourth-order valence-electron chi connectivity index (χ4n) is 4.96. The van der Waals surface area contributed by atoms with Crippen molar-refractivity contribution in [3.8, 4) is 0 Å². The third-order valence-corrected chi connectivity index (χ3v) is 8.97. The summed E-state index contributed by atoms with van der Waals surface area (Å²) in [6.45, 7) is 6.35. The van der Waals surface area contributed by atoms with E-state index in [9.17, 15) is 0 Å². The summed E-state index contributed by atoms with van der Waals surface area (Å²) in [7, 11) is 0. The maximum Gasteiger partial charge on any atom is 0.262 e. The monoisotopic (exact) mass is 517 g/mol. The number of anilines is 1. The molecule has 182 valence electrons. The van der Waals surface area contributed by atoms with Crippen LogP contribution < -0.4 is 9.47 Å². The van der Waals surface area contributed by atoms with Gasteiger partial charge in [0.1, 0.15) is 11.2 Å². The number of aromatic nitrogens is 1. The molecule has 2 heterocycles. The molecule has 0 radical (unpaired) electrons. The Morgan fingerprint density at radius 3 is 2.46 bits per heavy atom. The van der Waals surface area contributed by atoms with Gasteiger partial charge in [0.05, 0.1) is 16.1 Å². The first-order valence-corrected chi connectivity index (χ1v) is 14.4. The summed E-state index contributed by atoms with van der Waals surface area (Å²) < 4.78 is 3.78. The SMILES string of the molecule is CCN1C(=CC=Cc2sc3ccc4ccccc4c3[n+]2CC)Sc2cc(C=Cc3ccccc3)ccc21. The molecular formula is C33H29N2S2+. The summed E-state index contributed by atoms with van der Waals surface area (Å²) in [5, 5.41) is 5.17. The van der Waals surface area contributed by atoms with E-state index >= 15 is 0 Å². The zero-order chi connectivity index (χ0) is 25.2. The zero-order valence-corrected chi connectivity index (χ0v) is 22.7. The van der Waals surface area contributed by atoms with E-state index in [1.165, 1.54) is 52.7 Å². The van der Waals surface area contributed by atoms with Gasteiger partial charge in [-0.1, -0.05) is 102 Å². The standard InChI is InChI=1S/C33H29N2S2/c1-3-34-28-21-19-25(18-17-24-11-6-5-7-12-24)23-30(28)37-31(34)15-10-16-32-35(4-2)33-27-14-9-8-13-26(27)20-22-29(33)36-32/h5-23H,3-4H2,1-2H3/q+1. The van der Waals surface area contributed by atoms with Crippen LogP contribution in [0.15, 0.2) is 107 Å². The Morgan fingerprint density at radius 2 is 1.62 bits per heavy atom. The molecule has 37 heavy (non-hydrogen) atoms. The van der Waals surface area contributed by atoms with Gasteiger partial charge >= 0.3 is 0 Å². The lowest BCUT2D eigenvalue weighted by molar-refractivity contribution is -0.664. The van der Waals surface area contributed by atoms with Crippen molar-refractivity contribution in [1.82, 2.24) is 0 Å². The molecule has 6 rings (SSSR count). The van der Waals surface area contributed by atoms with E-state index in [1.54, 1.807) is 0 Å². The van der Waals surface area contributed by atoms with Crippen LogP contribution in [0.1, 0.15) is 30.0 Å². The molecule has 1 aromatic heterocycles. The van der Waals surface area contributed by atoms with Crippen molar-refractivity contribution in [2.75, 3.05) is 11.4 Å². The van der Waals surface area contributed by atoms with Crippen LogP contribution in [0.5, 0.6) is 0 Å². The van der Waals surface area contributed by atoms with Gasteiger partial charge in [0.15, 0.2) is 0 Å². The van der Waals surface area contributed by atoms with Gasteiger partial charge in [-0.3, -0.25) is 0 Å². The lowest BCUT2D eigenvalue weighted by atomic mass is 10.1. The predicted octanol–water partition coefficient (Wildman–Crippen LogP) is 9.02. The molecule has 0 atom stereocenters. The van der Waals surface area contributed by atoms with Gasteiger partial charge in [-0.2, -0.15) is 4.57 Å². The predicted molar refractivity (Wildman–Crippen MR) is 163 cm³/mol. The number of benzene rings is 4. The van der Waals surface area contributed by atoms with Gasteiger partial charge in [-0.25, -0.2) is 0 Å². The van der Waals surface area contributed by atoms with Crippen LogP contribution in [0.2, 0.25) is 0 Å². The molecule has 0 N–H and O–H groups in total. The van der Waals surface area contributed by atoms with Crippen LogP contribution in [0.25, 0.3) is 39.2 Å². The van der Waals surface area contributed by atoms with Crippen LogP contribution in [-0.2, 0) is 6.54 Å². The van der Waals surface area contributed by atoms with Gasteiger partial charge < -0.3 is 4.90 Å². The Morgan fingerprint density at radius 1 is 0.811 bits per heavy atom. The third-order valence-electron chi connectivity index (χ3n) is 6.75. The molecule has 1 aliphatic rings. The number of hydrogen-bond donors (Lipinski definition) is 0. The Kier molecular flexibility index (Phi) is 6.69. The molecule has 0 unspecified atom stereocenters. The van der Waals surface area contributed by atoms with Gasteiger partial charge in [0, 0.05) is 17.5 Å². The number of thiazole rings is 1. The topological polar surface area (TPSA) is 7.12 Å². The first-order chi connectivity index (χ1) is 18.2. The fraction of sp³-hybridized carbons (Fsp3) is 0.121. The number of allylic oxidation sites excluding steroid dienone is 2. The lowest BCUT2D eigenvalue weighted by Gasteiger charge is -2.17. The molecule has 0 fully saturated rings. The average molecular weight is 518 g/mol. The lowest BCUT2D eigenvalue weighted by Crippen LogP contribution is -2.33. The fourth-order valence-corrected chi connectivity index (χ4v) is 7.30. The molecule has 0 bridgehead atoms. The highest BCUT2D eigenvalue weighted by Gasteiger charge is 2.24. The van der Waals surface area contributed by atoms with E-state index in [0.717, 1.165) is 13.1 Å². The van der Waals surface area contributed by atoms with Crippen molar-refractivity contribution < 1.29 is 4.57 Å². The summed E-state index contributed by atoms with van der Waals surface area (Å²) in [6.07, 6.45) is 11.1. The maximum absolute atomic E-state index is 2.44. The van der Waals surface area contributed by atoms with E-state index in [0.29, 0.717) is 0 Å². The molecule has 0 aliphatic carbocycles. The molecular weight excluding hydrogens is 489 g/mol. The average Bonchev–Trinajstić information content (AvgIpc) is 3.49. The van der Waals surface area contributed by atoms with Crippen molar-refractivity contribution in [3.63, 3.8) is 0 Å². The summed E-state index contributed by atoms with van der Waals surface area (Å²) >= 11 is 3.72. The van der Waals surface area contributed by atoms with Crippen molar-refractivity contribution >= 4 is 68.0 Å². The molecule has 4 aromatic carbocycles. The van der Waals surface area contributed by atoms with Gasteiger partial charge in [-0.05, 0) is 60.7 Å². The summed E-state index contributed by atoms with van der Waals surface area (Å²) in [5.74, 6) is 0. The molecule has 5 aromatic rings. The Hall–Kier alpha value is -3.60. The van der Waals surface area contributed by atoms with Gasteiger partial charge in [-0.15, -0.1) is 0 Å². The van der Waals surface area contributed by atoms with Crippen molar-refractivity contribution in [1.29, 1.82) is 0 Å². The number of hydrogen-bond acceptors (Lipinski definition) is 3. The number of rotatable bonds is 6. The number of fused-ring (bicyclic) bond motifs is 4. The minimum absolute atomic E-state index is 0.947. The molecule has 0 amide bonds. The van der Waals surface area contributed by atoms with Crippen LogP contribution in [0.4, 0.5) is 5.69 Å². The smallest absolute Gasteiger partial charge is 0.262 e. The summed E-state index contributed by atoms with van der Waals surface area (Å²) in [5.41, 5.74) is 5.08. The van der Waals surface area contributed by atoms with Crippen LogP contribution in [-0.4, -0.2) is 6.54 Å². The highest BCUT2D eigenvalue weighted by Crippen LogP contribution is 2.46. The van der Waals surface area contributed by atoms with E-state index in [4.69, 9.17) is 0 Å². The van der Waals surface area contributed by atoms with Crippen molar-refractivity contribution in [2.45, 2.75) is 25.3 Å². The largest absolute Gasteiger partial charge is 0.335 e. The first-order valence-electron chi connectivity index (χ1n) is 12.8. The zero-order valence-electron chi connectivity index (χ0n) is 21.1. The highest BCUT2D eigenvalue weighted by atomic mass is 32.2. The highest BCUT2D eigenvalue weighted by molar-refractivity contribution is 8.03. The summed E-state index contributed by atoms with van der Waals surface area (Å²) in [4.78, 5) is 3.72. The molecule has 4 heteroatoms. The molecule has 2 nitrogen and oxygen atoms in total. The van der Waals surface area contributed by atoms with Crippen molar-refractivity contribution in [2.24, 2.45) is 0 Å². The Balaban J connectivity index is 1.28. The van der Waals surface area contributed by atoms with E-state index in [2.05, 4.69) is 139 Å². The van der Waals surface area contributed by atoms with Crippen molar-refractivity contribution in [3.05, 3.63) is 118 Å². The van der Waals surface area contributed by atoms with E-state index in [1.807, 2.05) is 23.1 Å².